The summed E-state index contributed by atoms with van der Waals surface area (Å²) in [6.45, 7) is 2.14. The fraction of sp³-hybridized carbons (Fsp3) is 0.217. The van der Waals surface area contributed by atoms with Crippen molar-refractivity contribution in [2.24, 2.45) is 5.92 Å². The Morgan fingerprint density at radius 3 is 2.12 bits per heavy atom. The van der Waals surface area contributed by atoms with E-state index in [9.17, 15) is 0 Å². The standard InChI is InChI=1S/C23H18Cl2O/c1-15-9-5-6-12-17(15)20-18-13-7-8-14-19(18)26-22(21(20)23(22,24)25)16-10-3-2-4-11-16/h2-14,20-21H,1H3. The van der Waals surface area contributed by atoms with E-state index >= 15 is 0 Å². The van der Waals surface area contributed by atoms with E-state index < -0.39 is 9.93 Å². The number of hydrogen-bond donors (Lipinski definition) is 0. The van der Waals surface area contributed by atoms with Gasteiger partial charge in [-0.2, -0.15) is 0 Å². The molecule has 3 heteroatoms. The highest BCUT2D eigenvalue weighted by Crippen LogP contribution is 2.77. The maximum atomic E-state index is 6.93. The van der Waals surface area contributed by atoms with Gasteiger partial charge in [-0.1, -0.05) is 96.0 Å². The number of benzene rings is 3. The van der Waals surface area contributed by atoms with Crippen LogP contribution in [0.15, 0.2) is 78.9 Å². The topological polar surface area (TPSA) is 9.23 Å². The Kier molecular flexibility index (Phi) is 3.44. The summed E-state index contributed by atoms with van der Waals surface area (Å²) in [7, 11) is 0. The molecule has 0 aromatic heterocycles. The van der Waals surface area contributed by atoms with Crippen LogP contribution in [0.5, 0.6) is 5.75 Å². The van der Waals surface area contributed by atoms with Crippen molar-refractivity contribution in [1.29, 1.82) is 0 Å². The lowest BCUT2D eigenvalue weighted by molar-refractivity contribution is 0.137. The van der Waals surface area contributed by atoms with Crippen molar-refractivity contribution in [2.45, 2.75) is 22.8 Å². The maximum absolute atomic E-state index is 6.93. The predicted molar refractivity (Wildman–Crippen MR) is 106 cm³/mol. The molecular weight excluding hydrogens is 363 g/mol. The molecule has 3 atom stereocenters. The van der Waals surface area contributed by atoms with Crippen LogP contribution in [0.3, 0.4) is 0 Å². The Bertz CT molecular complexity index is 982. The summed E-state index contributed by atoms with van der Waals surface area (Å²) in [5.74, 6) is 0.914. The molecule has 0 radical (unpaired) electrons. The third-order valence-corrected chi connectivity index (χ3v) is 6.86. The van der Waals surface area contributed by atoms with E-state index in [4.69, 9.17) is 27.9 Å². The summed E-state index contributed by atoms with van der Waals surface area (Å²) < 4.78 is 5.54. The van der Waals surface area contributed by atoms with Gasteiger partial charge in [-0.05, 0) is 29.7 Å². The smallest absolute Gasteiger partial charge is 0.174 e. The molecule has 5 rings (SSSR count). The average molecular weight is 381 g/mol. The van der Waals surface area contributed by atoms with E-state index in [1.54, 1.807) is 0 Å². The minimum atomic E-state index is -0.986. The second-order valence-corrected chi connectivity index (χ2v) is 8.56. The fourth-order valence-electron chi connectivity index (χ4n) is 4.56. The predicted octanol–water partition coefficient (Wildman–Crippen LogP) is 6.22. The summed E-state index contributed by atoms with van der Waals surface area (Å²) in [5, 5.41) is 0. The van der Waals surface area contributed by atoms with Gasteiger partial charge in [0, 0.05) is 11.5 Å². The number of halogens is 2. The van der Waals surface area contributed by atoms with Crippen molar-refractivity contribution in [3.63, 3.8) is 0 Å². The lowest BCUT2D eigenvalue weighted by Crippen LogP contribution is -2.29. The Morgan fingerprint density at radius 2 is 1.38 bits per heavy atom. The molecule has 3 aromatic carbocycles. The van der Waals surface area contributed by atoms with Gasteiger partial charge < -0.3 is 4.74 Å². The van der Waals surface area contributed by atoms with Gasteiger partial charge in [0.15, 0.2) is 9.93 Å². The molecule has 130 valence electrons. The average Bonchev–Trinajstić information content (AvgIpc) is 3.17. The molecule has 2 aliphatic rings. The Labute approximate surface area is 163 Å². The molecule has 1 nitrogen and oxygen atoms in total. The molecule has 1 fully saturated rings. The normalized spacial score (nSPS) is 27.8. The minimum absolute atomic E-state index is 0.0447. The summed E-state index contributed by atoms with van der Waals surface area (Å²) >= 11 is 13.9. The van der Waals surface area contributed by atoms with Crippen LogP contribution in [0, 0.1) is 12.8 Å². The molecular formula is C23H18Cl2O. The van der Waals surface area contributed by atoms with Crippen LogP contribution in [0.1, 0.15) is 28.2 Å². The first-order valence-electron chi connectivity index (χ1n) is 8.84. The molecule has 1 aliphatic heterocycles. The molecule has 3 aromatic rings. The van der Waals surface area contributed by atoms with Crippen LogP contribution < -0.4 is 4.74 Å². The highest BCUT2D eigenvalue weighted by atomic mass is 35.5. The van der Waals surface area contributed by atoms with Crippen LogP contribution in [0.25, 0.3) is 0 Å². The van der Waals surface area contributed by atoms with Gasteiger partial charge in [-0.15, -0.1) is 0 Å². The van der Waals surface area contributed by atoms with Gasteiger partial charge in [-0.25, -0.2) is 0 Å². The zero-order valence-electron chi connectivity index (χ0n) is 14.3. The van der Waals surface area contributed by atoms with Crippen LogP contribution in [-0.2, 0) is 5.60 Å². The number of rotatable bonds is 2. The SMILES string of the molecule is Cc1ccccc1C1c2ccccc2OC2(c3ccccc3)C1C2(Cl)Cl. The van der Waals surface area contributed by atoms with Crippen molar-refractivity contribution >= 4 is 23.2 Å². The number of alkyl halides is 2. The zero-order chi connectivity index (χ0) is 17.9. The lowest BCUT2D eigenvalue weighted by atomic mass is 9.80. The highest BCUT2D eigenvalue weighted by molar-refractivity contribution is 6.52. The second kappa shape index (κ2) is 5.52. The molecule has 0 saturated heterocycles. The summed E-state index contributed by atoms with van der Waals surface area (Å²) in [5.41, 5.74) is 3.96. The molecule has 1 saturated carbocycles. The van der Waals surface area contributed by atoms with Gasteiger partial charge in [0.25, 0.3) is 0 Å². The van der Waals surface area contributed by atoms with Gasteiger partial charge >= 0.3 is 0 Å². The van der Waals surface area contributed by atoms with E-state index in [2.05, 4.69) is 55.5 Å². The number of ether oxygens (including phenoxy) is 1. The molecule has 0 bridgehead atoms. The molecule has 0 amide bonds. The van der Waals surface area contributed by atoms with E-state index in [0.29, 0.717) is 0 Å². The third-order valence-electron chi connectivity index (χ3n) is 5.82. The largest absolute Gasteiger partial charge is 0.479 e. The maximum Gasteiger partial charge on any atom is 0.174 e. The molecule has 3 unspecified atom stereocenters. The third kappa shape index (κ3) is 1.99. The van der Waals surface area contributed by atoms with Crippen LogP contribution in [0.2, 0.25) is 0 Å². The Hall–Kier alpha value is -1.96. The van der Waals surface area contributed by atoms with Crippen molar-refractivity contribution in [3.05, 3.63) is 101 Å². The fourth-order valence-corrected chi connectivity index (χ4v) is 5.55. The summed E-state index contributed by atoms with van der Waals surface area (Å²) in [4.78, 5) is 0. The number of hydrogen-bond acceptors (Lipinski definition) is 1. The molecule has 0 spiro atoms. The Morgan fingerprint density at radius 1 is 0.769 bits per heavy atom. The zero-order valence-corrected chi connectivity index (χ0v) is 15.8. The van der Waals surface area contributed by atoms with Gasteiger partial charge in [0.1, 0.15) is 5.75 Å². The summed E-state index contributed by atoms with van der Waals surface area (Å²) in [6.07, 6.45) is 0. The van der Waals surface area contributed by atoms with Gasteiger partial charge in [0.2, 0.25) is 0 Å². The van der Waals surface area contributed by atoms with Crippen molar-refractivity contribution in [2.75, 3.05) is 0 Å². The van der Waals surface area contributed by atoms with Crippen molar-refractivity contribution in [3.8, 4) is 5.75 Å². The monoisotopic (exact) mass is 380 g/mol. The molecule has 1 heterocycles. The van der Waals surface area contributed by atoms with E-state index in [1.807, 2.05) is 30.3 Å². The van der Waals surface area contributed by atoms with E-state index in [0.717, 1.165) is 16.9 Å². The number of aryl methyl sites for hydroxylation is 1. The first-order chi connectivity index (χ1) is 12.6. The van der Waals surface area contributed by atoms with Crippen molar-refractivity contribution < 1.29 is 4.74 Å². The van der Waals surface area contributed by atoms with Gasteiger partial charge in [0.05, 0.1) is 5.92 Å². The van der Waals surface area contributed by atoms with Crippen LogP contribution in [-0.4, -0.2) is 4.33 Å². The molecule has 1 aliphatic carbocycles. The Balaban J connectivity index is 1.76. The quantitative estimate of drug-likeness (QED) is 0.479. The molecule has 0 N–H and O–H groups in total. The van der Waals surface area contributed by atoms with Crippen molar-refractivity contribution in [1.82, 2.24) is 0 Å². The highest BCUT2D eigenvalue weighted by Gasteiger charge is 2.83. The van der Waals surface area contributed by atoms with E-state index in [-0.39, 0.29) is 11.8 Å². The number of para-hydroxylation sites is 1. The summed E-state index contributed by atoms with van der Waals surface area (Å²) in [6, 6.07) is 26.8. The number of fused-ring (bicyclic) bond motifs is 2. The second-order valence-electron chi connectivity index (χ2n) is 7.18. The molecule has 26 heavy (non-hydrogen) atoms. The first kappa shape index (κ1) is 16.2. The minimum Gasteiger partial charge on any atom is -0.479 e. The van der Waals surface area contributed by atoms with E-state index in [1.165, 1.54) is 11.1 Å². The first-order valence-corrected chi connectivity index (χ1v) is 9.60. The van der Waals surface area contributed by atoms with Gasteiger partial charge in [-0.3, -0.25) is 0 Å². The van der Waals surface area contributed by atoms with Crippen LogP contribution >= 0.6 is 23.2 Å². The van der Waals surface area contributed by atoms with Crippen LogP contribution in [0.4, 0.5) is 0 Å². The lowest BCUT2D eigenvalue weighted by Gasteiger charge is -2.32.